The molecule has 3 rings (SSSR count). The molecule has 2 N–H and O–H groups in total. The molecule has 0 aliphatic carbocycles. The lowest BCUT2D eigenvalue weighted by Gasteiger charge is -2.22. The van der Waals surface area contributed by atoms with Crippen molar-refractivity contribution >= 4 is 34.2 Å². The quantitative estimate of drug-likeness (QED) is 0.826. The van der Waals surface area contributed by atoms with E-state index in [1.807, 2.05) is 6.92 Å². The van der Waals surface area contributed by atoms with Crippen molar-refractivity contribution < 1.29 is 18.0 Å². The predicted octanol–water partition coefficient (Wildman–Crippen LogP) is 1.47. The summed E-state index contributed by atoms with van der Waals surface area (Å²) in [4.78, 5) is 26.8. The van der Waals surface area contributed by atoms with Gasteiger partial charge in [-0.1, -0.05) is 0 Å². The molecule has 7 nitrogen and oxygen atoms in total. The average molecular weight is 402 g/mol. The van der Waals surface area contributed by atoms with Gasteiger partial charge in [-0.05, 0) is 57.9 Å². The molecule has 0 radical (unpaired) electrons. The molecule has 2 heterocycles. The van der Waals surface area contributed by atoms with E-state index in [4.69, 9.17) is 5.73 Å². The van der Waals surface area contributed by atoms with Gasteiger partial charge in [-0.3, -0.25) is 9.59 Å². The van der Waals surface area contributed by atoms with Gasteiger partial charge in [0.15, 0.2) is 0 Å². The van der Waals surface area contributed by atoms with Crippen LogP contribution >= 0.6 is 12.4 Å². The van der Waals surface area contributed by atoms with Crippen molar-refractivity contribution in [3.63, 3.8) is 0 Å². The SMILES string of the molecule is CC1CC(CN)CN1C(=O)c1ccc2c(c1)S(=O)(=O)N(C(C)C)C2=O.Cl. The molecular formula is C17H24ClN3O4S. The van der Waals surface area contributed by atoms with Gasteiger partial charge in [0.25, 0.3) is 21.8 Å². The lowest BCUT2D eigenvalue weighted by molar-refractivity contribution is 0.0742. The third kappa shape index (κ3) is 3.10. The van der Waals surface area contributed by atoms with Gasteiger partial charge in [-0.25, -0.2) is 12.7 Å². The van der Waals surface area contributed by atoms with Crippen LogP contribution in [-0.4, -0.2) is 54.6 Å². The number of hydrogen-bond donors (Lipinski definition) is 1. The van der Waals surface area contributed by atoms with Crippen LogP contribution in [0.1, 0.15) is 47.9 Å². The van der Waals surface area contributed by atoms with Gasteiger partial charge in [0.05, 0.1) is 5.56 Å². The van der Waals surface area contributed by atoms with Gasteiger partial charge in [0.1, 0.15) is 4.90 Å². The molecule has 1 fully saturated rings. The number of sulfonamides is 1. The van der Waals surface area contributed by atoms with E-state index in [1.54, 1.807) is 18.7 Å². The zero-order valence-electron chi connectivity index (χ0n) is 15.0. The first kappa shape index (κ1) is 20.7. The molecule has 144 valence electrons. The molecule has 0 bridgehead atoms. The Balaban J connectivity index is 0.00000243. The van der Waals surface area contributed by atoms with Crippen molar-refractivity contribution in [1.29, 1.82) is 0 Å². The Morgan fingerprint density at radius 1 is 1.35 bits per heavy atom. The van der Waals surface area contributed by atoms with Crippen LogP contribution in [0.3, 0.4) is 0 Å². The van der Waals surface area contributed by atoms with Crippen LogP contribution < -0.4 is 5.73 Å². The maximum Gasteiger partial charge on any atom is 0.269 e. The number of fused-ring (bicyclic) bond motifs is 1. The van der Waals surface area contributed by atoms with E-state index in [0.29, 0.717) is 13.1 Å². The van der Waals surface area contributed by atoms with Crippen molar-refractivity contribution in [2.24, 2.45) is 11.7 Å². The summed E-state index contributed by atoms with van der Waals surface area (Å²) in [6, 6.07) is 3.87. The van der Waals surface area contributed by atoms with E-state index < -0.39 is 22.0 Å². The van der Waals surface area contributed by atoms with Gasteiger partial charge < -0.3 is 10.6 Å². The van der Waals surface area contributed by atoms with E-state index in [9.17, 15) is 18.0 Å². The second-order valence-electron chi connectivity index (χ2n) is 7.05. The number of rotatable bonds is 3. The summed E-state index contributed by atoms with van der Waals surface area (Å²) in [6.45, 7) is 6.34. The highest BCUT2D eigenvalue weighted by molar-refractivity contribution is 7.90. The summed E-state index contributed by atoms with van der Waals surface area (Å²) < 4.78 is 26.2. The molecule has 2 aliphatic rings. The molecule has 2 amide bonds. The number of benzene rings is 1. The summed E-state index contributed by atoms with van der Waals surface area (Å²) in [6.07, 6.45) is 0.838. The number of hydrogen-bond acceptors (Lipinski definition) is 5. The fraction of sp³-hybridized carbons (Fsp3) is 0.529. The van der Waals surface area contributed by atoms with Gasteiger partial charge in [-0.2, -0.15) is 0 Å². The van der Waals surface area contributed by atoms with E-state index in [-0.39, 0.29) is 46.3 Å². The number of nitrogens with zero attached hydrogens (tertiary/aromatic N) is 2. The Labute approximate surface area is 160 Å². The molecular weight excluding hydrogens is 378 g/mol. The van der Waals surface area contributed by atoms with Crippen molar-refractivity contribution in [2.45, 2.75) is 44.2 Å². The Hall–Kier alpha value is -1.64. The fourth-order valence-corrected chi connectivity index (χ4v) is 5.45. The molecule has 9 heteroatoms. The minimum Gasteiger partial charge on any atom is -0.336 e. The highest BCUT2D eigenvalue weighted by atomic mass is 35.5. The minimum atomic E-state index is -3.91. The molecule has 2 atom stereocenters. The lowest BCUT2D eigenvalue weighted by Crippen LogP contribution is -2.36. The smallest absolute Gasteiger partial charge is 0.269 e. The van der Waals surface area contributed by atoms with Crippen LogP contribution in [0.4, 0.5) is 0 Å². The Bertz CT molecular complexity index is 840. The summed E-state index contributed by atoms with van der Waals surface area (Å²) in [5.41, 5.74) is 6.11. The van der Waals surface area contributed by atoms with E-state index in [0.717, 1.165) is 10.7 Å². The van der Waals surface area contributed by atoms with E-state index in [1.165, 1.54) is 18.2 Å². The third-order valence-electron chi connectivity index (χ3n) is 4.92. The monoisotopic (exact) mass is 401 g/mol. The van der Waals surface area contributed by atoms with Crippen LogP contribution in [0.5, 0.6) is 0 Å². The van der Waals surface area contributed by atoms with Gasteiger partial charge in [0, 0.05) is 24.2 Å². The third-order valence-corrected chi connectivity index (χ3v) is 6.92. The zero-order chi connectivity index (χ0) is 18.5. The summed E-state index contributed by atoms with van der Waals surface area (Å²) >= 11 is 0. The maximum atomic E-state index is 12.8. The van der Waals surface area contributed by atoms with Crippen molar-refractivity contribution in [2.75, 3.05) is 13.1 Å². The predicted molar refractivity (Wildman–Crippen MR) is 99.8 cm³/mol. The van der Waals surface area contributed by atoms with Crippen LogP contribution in [0.25, 0.3) is 0 Å². The number of carbonyl (C=O) groups excluding carboxylic acids is 2. The first-order chi connectivity index (χ1) is 11.7. The number of nitrogens with two attached hydrogens (primary N) is 1. The summed E-state index contributed by atoms with van der Waals surface area (Å²) in [7, 11) is -3.91. The number of halogens is 1. The molecule has 2 aliphatic heterocycles. The topological polar surface area (TPSA) is 101 Å². The van der Waals surface area contributed by atoms with Crippen LogP contribution in [0, 0.1) is 5.92 Å². The largest absolute Gasteiger partial charge is 0.336 e. The van der Waals surface area contributed by atoms with Crippen molar-refractivity contribution in [1.82, 2.24) is 9.21 Å². The Kier molecular flexibility index (Phi) is 5.70. The first-order valence-corrected chi connectivity index (χ1v) is 9.86. The molecule has 2 unspecified atom stereocenters. The molecule has 1 saturated heterocycles. The van der Waals surface area contributed by atoms with E-state index in [2.05, 4.69) is 0 Å². The van der Waals surface area contributed by atoms with Crippen molar-refractivity contribution in [3.05, 3.63) is 29.3 Å². The van der Waals surface area contributed by atoms with Crippen molar-refractivity contribution in [3.8, 4) is 0 Å². The molecule has 1 aromatic rings. The standard InChI is InChI=1S/C17H23N3O4S.ClH/c1-10(2)20-17(22)14-5-4-13(7-15(14)25(20,23)24)16(21)19-9-12(8-18)6-11(19)3;/h4-5,7,10-12H,6,8-9,18H2,1-3H3;1H. The highest BCUT2D eigenvalue weighted by Gasteiger charge is 2.43. The molecule has 0 aromatic heterocycles. The fourth-order valence-electron chi connectivity index (χ4n) is 3.65. The normalized spacial score (nSPS) is 24.0. The second kappa shape index (κ2) is 7.17. The maximum absolute atomic E-state index is 12.8. The molecule has 0 saturated carbocycles. The molecule has 26 heavy (non-hydrogen) atoms. The Morgan fingerprint density at radius 3 is 2.54 bits per heavy atom. The molecule has 1 aromatic carbocycles. The van der Waals surface area contributed by atoms with Crippen LogP contribution in [0.15, 0.2) is 23.1 Å². The first-order valence-electron chi connectivity index (χ1n) is 8.42. The number of carbonyl (C=O) groups is 2. The minimum absolute atomic E-state index is 0. The zero-order valence-corrected chi connectivity index (χ0v) is 16.6. The van der Waals surface area contributed by atoms with Crippen LogP contribution in [-0.2, 0) is 10.0 Å². The average Bonchev–Trinajstić information content (AvgIpc) is 3.02. The number of likely N-dealkylation sites (tertiary alicyclic amines) is 1. The second-order valence-corrected chi connectivity index (χ2v) is 8.84. The van der Waals surface area contributed by atoms with E-state index >= 15 is 0 Å². The summed E-state index contributed by atoms with van der Waals surface area (Å²) in [5, 5.41) is 0. The summed E-state index contributed by atoms with van der Waals surface area (Å²) in [5.74, 6) is -0.506. The van der Waals surface area contributed by atoms with Gasteiger partial charge in [0.2, 0.25) is 0 Å². The molecule has 0 spiro atoms. The lowest BCUT2D eigenvalue weighted by atomic mass is 10.1. The van der Waals surface area contributed by atoms with Gasteiger partial charge >= 0.3 is 0 Å². The highest BCUT2D eigenvalue weighted by Crippen LogP contribution is 2.33. The van der Waals surface area contributed by atoms with Crippen LogP contribution in [0.2, 0.25) is 0 Å². The van der Waals surface area contributed by atoms with Gasteiger partial charge in [-0.15, -0.1) is 12.4 Å². The number of amides is 2. The Morgan fingerprint density at radius 2 is 2.00 bits per heavy atom.